The van der Waals surface area contributed by atoms with E-state index in [0.29, 0.717) is 60.9 Å². The van der Waals surface area contributed by atoms with Gasteiger partial charge in [-0.05, 0) is 38.3 Å². The van der Waals surface area contributed by atoms with E-state index in [1.807, 2.05) is 17.9 Å². The number of pyridine rings is 2. The summed E-state index contributed by atoms with van der Waals surface area (Å²) in [6.45, 7) is 6.30. The first-order valence-corrected chi connectivity index (χ1v) is 12.2. The summed E-state index contributed by atoms with van der Waals surface area (Å²) < 4.78 is 17.1. The maximum atomic E-state index is 13.2. The number of hydrogen-bond acceptors (Lipinski definition) is 10. The van der Waals surface area contributed by atoms with Crippen LogP contribution in [0.25, 0.3) is 22.7 Å². The van der Waals surface area contributed by atoms with Crippen LogP contribution in [0.2, 0.25) is 0 Å². The Bertz CT molecular complexity index is 1390. The van der Waals surface area contributed by atoms with Crippen LogP contribution in [-0.2, 0) is 4.74 Å². The lowest BCUT2D eigenvalue weighted by Gasteiger charge is -2.29. The number of rotatable bonds is 5. The SMILES string of the molecule is Cc1cc(-c2nc(C(=O)Nc3cc4oc(N5CCOCC5)nc4nc3N3CCCCC3)co2)ccn1. The molecule has 4 aromatic heterocycles. The predicted octanol–water partition coefficient (Wildman–Crippen LogP) is 3.66. The molecule has 1 amide bonds. The topological polar surface area (TPSA) is 123 Å². The standard InChI is InChI=1S/C25H27N7O4/c1-16-13-17(5-6-26-16)24-28-19(15-35-24)23(33)27-18-14-20-21(29-22(18)31-7-3-2-4-8-31)30-25(36-20)32-9-11-34-12-10-32/h5-6,13-15H,2-4,7-12H2,1H3,(H,27,33). The van der Waals surface area contributed by atoms with Crippen molar-refractivity contribution in [3.63, 3.8) is 0 Å². The molecule has 0 radical (unpaired) electrons. The molecule has 11 heteroatoms. The average Bonchev–Trinajstić information content (AvgIpc) is 3.57. The number of amides is 1. The third kappa shape index (κ3) is 4.49. The molecular formula is C25H27N7O4. The average molecular weight is 490 g/mol. The van der Waals surface area contributed by atoms with Crippen LogP contribution >= 0.6 is 0 Å². The number of aromatic nitrogens is 4. The van der Waals surface area contributed by atoms with Gasteiger partial charge >= 0.3 is 0 Å². The van der Waals surface area contributed by atoms with E-state index < -0.39 is 0 Å². The summed E-state index contributed by atoms with van der Waals surface area (Å²) in [5, 5.41) is 2.98. The molecule has 0 aliphatic carbocycles. The number of carbonyl (C=O) groups excluding carboxylic acids is 1. The van der Waals surface area contributed by atoms with Gasteiger partial charge in [-0.15, -0.1) is 0 Å². The van der Waals surface area contributed by atoms with Gasteiger partial charge in [0.05, 0.1) is 18.9 Å². The fourth-order valence-electron chi connectivity index (χ4n) is 4.55. The second-order valence-corrected chi connectivity index (χ2v) is 9.00. The molecule has 0 unspecified atom stereocenters. The van der Waals surface area contributed by atoms with E-state index in [0.717, 1.165) is 37.2 Å². The van der Waals surface area contributed by atoms with Crippen LogP contribution in [0, 0.1) is 6.92 Å². The maximum Gasteiger partial charge on any atom is 0.300 e. The fourth-order valence-corrected chi connectivity index (χ4v) is 4.55. The highest BCUT2D eigenvalue weighted by Gasteiger charge is 2.24. The largest absolute Gasteiger partial charge is 0.444 e. The van der Waals surface area contributed by atoms with Gasteiger partial charge in [0.25, 0.3) is 11.9 Å². The predicted molar refractivity (Wildman–Crippen MR) is 133 cm³/mol. The first-order chi connectivity index (χ1) is 17.6. The molecule has 1 N–H and O–H groups in total. The number of hydrogen-bond donors (Lipinski definition) is 1. The summed E-state index contributed by atoms with van der Waals surface area (Å²) >= 11 is 0. The molecular weight excluding hydrogens is 462 g/mol. The van der Waals surface area contributed by atoms with Crippen LogP contribution in [0.3, 0.4) is 0 Å². The monoisotopic (exact) mass is 489 g/mol. The van der Waals surface area contributed by atoms with Gasteiger partial charge in [0.2, 0.25) is 11.5 Å². The van der Waals surface area contributed by atoms with E-state index in [1.165, 1.54) is 12.7 Å². The number of nitrogens with one attached hydrogen (secondary N) is 1. The minimum atomic E-state index is -0.386. The molecule has 2 saturated heterocycles. The Morgan fingerprint density at radius 3 is 2.64 bits per heavy atom. The highest BCUT2D eigenvalue weighted by atomic mass is 16.5. The van der Waals surface area contributed by atoms with Crippen molar-refractivity contribution in [2.75, 3.05) is 54.5 Å². The summed E-state index contributed by atoms with van der Waals surface area (Å²) in [6.07, 6.45) is 6.37. The molecule has 0 aromatic carbocycles. The smallest absolute Gasteiger partial charge is 0.300 e. The number of carbonyl (C=O) groups is 1. The second kappa shape index (κ2) is 9.57. The number of oxazole rings is 2. The van der Waals surface area contributed by atoms with Crippen LogP contribution < -0.4 is 15.1 Å². The first kappa shape index (κ1) is 22.5. The number of nitrogens with zero attached hydrogens (tertiary/aromatic N) is 6. The van der Waals surface area contributed by atoms with Crippen molar-refractivity contribution in [3.8, 4) is 11.5 Å². The molecule has 2 fully saturated rings. The van der Waals surface area contributed by atoms with E-state index in [1.54, 1.807) is 18.3 Å². The van der Waals surface area contributed by atoms with Gasteiger partial charge in [-0.25, -0.2) is 9.97 Å². The Hall–Kier alpha value is -3.99. The van der Waals surface area contributed by atoms with Crippen LogP contribution in [-0.4, -0.2) is 65.2 Å². The number of anilines is 3. The zero-order valence-corrected chi connectivity index (χ0v) is 20.1. The van der Waals surface area contributed by atoms with Crippen LogP contribution in [0.5, 0.6) is 0 Å². The lowest BCUT2D eigenvalue weighted by molar-refractivity contribution is 0.102. The Labute approximate surface area is 207 Å². The van der Waals surface area contributed by atoms with Crippen molar-refractivity contribution in [2.24, 2.45) is 0 Å². The fraction of sp³-hybridized carbons (Fsp3) is 0.400. The molecule has 36 heavy (non-hydrogen) atoms. The van der Waals surface area contributed by atoms with Gasteiger partial charge in [0.15, 0.2) is 17.1 Å². The zero-order chi connectivity index (χ0) is 24.5. The van der Waals surface area contributed by atoms with Gasteiger partial charge < -0.3 is 28.7 Å². The lowest BCUT2D eigenvalue weighted by atomic mass is 10.1. The van der Waals surface area contributed by atoms with Crippen molar-refractivity contribution in [3.05, 3.63) is 42.0 Å². The van der Waals surface area contributed by atoms with Crippen molar-refractivity contribution in [1.82, 2.24) is 19.9 Å². The molecule has 11 nitrogen and oxygen atoms in total. The van der Waals surface area contributed by atoms with Crippen molar-refractivity contribution < 1.29 is 18.4 Å². The molecule has 0 saturated carbocycles. The van der Waals surface area contributed by atoms with Crippen LogP contribution in [0.15, 0.2) is 39.5 Å². The van der Waals surface area contributed by atoms with Gasteiger partial charge in [0.1, 0.15) is 6.26 Å². The second-order valence-electron chi connectivity index (χ2n) is 9.00. The van der Waals surface area contributed by atoms with Crippen LogP contribution in [0.1, 0.15) is 35.4 Å². The molecule has 0 spiro atoms. The van der Waals surface area contributed by atoms with Gasteiger partial charge in [-0.2, -0.15) is 4.98 Å². The molecule has 186 valence electrons. The Morgan fingerprint density at radius 1 is 1.00 bits per heavy atom. The molecule has 4 aromatic rings. The van der Waals surface area contributed by atoms with Crippen LogP contribution in [0.4, 0.5) is 17.5 Å². The van der Waals surface area contributed by atoms with Crippen molar-refractivity contribution in [1.29, 1.82) is 0 Å². The highest BCUT2D eigenvalue weighted by molar-refractivity contribution is 6.05. The third-order valence-electron chi connectivity index (χ3n) is 6.42. The summed E-state index contributed by atoms with van der Waals surface area (Å²) in [7, 11) is 0. The van der Waals surface area contributed by atoms with E-state index in [9.17, 15) is 4.79 Å². The summed E-state index contributed by atoms with van der Waals surface area (Å²) in [5.74, 6) is 0.662. The Balaban J connectivity index is 1.31. The molecule has 0 bridgehead atoms. The van der Waals surface area contributed by atoms with E-state index in [-0.39, 0.29) is 11.6 Å². The summed E-state index contributed by atoms with van der Waals surface area (Å²) in [4.78, 5) is 35.5. The van der Waals surface area contributed by atoms with E-state index in [4.69, 9.17) is 18.6 Å². The maximum absolute atomic E-state index is 13.2. The van der Waals surface area contributed by atoms with Crippen molar-refractivity contribution in [2.45, 2.75) is 26.2 Å². The number of fused-ring (bicyclic) bond motifs is 1. The minimum Gasteiger partial charge on any atom is -0.444 e. The summed E-state index contributed by atoms with van der Waals surface area (Å²) in [5.41, 5.74) is 3.37. The third-order valence-corrected chi connectivity index (χ3v) is 6.42. The lowest BCUT2D eigenvalue weighted by Crippen LogP contribution is -2.36. The molecule has 2 aliphatic rings. The van der Waals surface area contributed by atoms with Crippen molar-refractivity contribution >= 4 is 34.7 Å². The molecule has 6 rings (SSSR count). The Kier molecular flexibility index (Phi) is 5.98. The first-order valence-electron chi connectivity index (χ1n) is 12.2. The number of aryl methyl sites for hydroxylation is 1. The molecule has 2 aliphatic heterocycles. The van der Waals surface area contributed by atoms with Gasteiger partial charge in [-0.3, -0.25) is 9.78 Å². The molecule has 0 atom stereocenters. The number of ether oxygens (including phenoxy) is 1. The minimum absolute atomic E-state index is 0.177. The quantitative estimate of drug-likeness (QED) is 0.444. The zero-order valence-electron chi connectivity index (χ0n) is 20.1. The van der Waals surface area contributed by atoms with Gasteiger partial charge in [-0.1, -0.05) is 0 Å². The number of piperidine rings is 1. The van der Waals surface area contributed by atoms with E-state index in [2.05, 4.69) is 25.2 Å². The van der Waals surface area contributed by atoms with Gasteiger partial charge in [0, 0.05) is 49.7 Å². The van der Waals surface area contributed by atoms with E-state index >= 15 is 0 Å². The molecule has 6 heterocycles. The number of morpholine rings is 1. The highest BCUT2D eigenvalue weighted by Crippen LogP contribution is 2.32. The summed E-state index contributed by atoms with van der Waals surface area (Å²) in [6, 6.07) is 5.97. The normalized spacial score (nSPS) is 16.5. The Morgan fingerprint density at radius 2 is 1.83 bits per heavy atom.